The molecular formula is C43H52N5O9P. The van der Waals surface area contributed by atoms with Crippen LogP contribution < -0.4 is 16.0 Å². The second kappa shape index (κ2) is 18.6. The quantitative estimate of drug-likeness (QED) is 0.0207. The molecular weight excluding hydrogens is 761 g/mol. The van der Waals surface area contributed by atoms with E-state index in [-0.39, 0.29) is 56.6 Å². The monoisotopic (exact) mass is 813 g/mol. The minimum absolute atomic E-state index is 0.00117. The van der Waals surface area contributed by atoms with Gasteiger partial charge in [-0.1, -0.05) is 84.9 Å². The fourth-order valence-corrected chi connectivity index (χ4v) is 9.30. The number of nitrogens with two attached hydrogens (primary N) is 2. The molecule has 1 heterocycles. The molecule has 7 atom stereocenters. The molecule has 4 aromatic rings. The van der Waals surface area contributed by atoms with Crippen molar-refractivity contribution >= 4 is 31.1 Å². The minimum atomic E-state index is -4.07. The van der Waals surface area contributed by atoms with Crippen LogP contribution in [-0.4, -0.2) is 93.8 Å². The summed E-state index contributed by atoms with van der Waals surface area (Å²) in [5.41, 5.74) is 13.9. The highest BCUT2D eigenvalue weighted by Crippen LogP contribution is 2.60. The standard InChI is InChI=1S/C43H52N5O9P/c1-3-55-41(51)29(2)56-58(53,57-33-18-11-6-12-19-33)28-54-23-13-22-48-42(52)47(27-31-20-21-36(44)34(24-31)40(45)46)37(25-30-14-7-4-8-15-30)38(49)39(50)43(48)26-35(43)32-16-9-5-10-17-32/h4-12,14-21,24,29,35,37-39,49-50H,3,13,22-23,25-28,44H2,1-2H3,(H3,45,46)/t29-,35?,37+,38-,39+,43?,58?/m0/s1. The van der Waals surface area contributed by atoms with E-state index in [1.807, 2.05) is 60.7 Å². The summed E-state index contributed by atoms with van der Waals surface area (Å²) in [6.45, 7) is 3.32. The number of nitrogens with one attached hydrogen (secondary N) is 1. The number of carbonyl (C=O) groups excluding carboxylic acids is 2. The number of nitrogens with zero attached hydrogens (tertiary/aromatic N) is 2. The van der Waals surface area contributed by atoms with Gasteiger partial charge in [-0.25, -0.2) is 14.2 Å². The number of carbonyl (C=O) groups is 2. The highest BCUT2D eigenvalue weighted by Gasteiger charge is 2.68. The van der Waals surface area contributed by atoms with Crippen LogP contribution in [0.5, 0.6) is 5.75 Å². The summed E-state index contributed by atoms with van der Waals surface area (Å²) in [6, 6.07) is 31.3. The van der Waals surface area contributed by atoms with E-state index in [4.69, 9.17) is 35.4 Å². The zero-order chi connectivity index (χ0) is 41.5. The second-order valence-corrected chi connectivity index (χ2v) is 16.5. The first-order chi connectivity index (χ1) is 27.9. The molecule has 2 amide bonds. The molecule has 1 aliphatic heterocycles. The lowest BCUT2D eigenvalue weighted by atomic mass is 9.90. The summed E-state index contributed by atoms with van der Waals surface area (Å²) < 4.78 is 36.4. The molecule has 0 bridgehead atoms. The van der Waals surface area contributed by atoms with Gasteiger partial charge in [0.1, 0.15) is 23.8 Å². The van der Waals surface area contributed by atoms with Gasteiger partial charge in [-0.15, -0.1) is 0 Å². The van der Waals surface area contributed by atoms with Gasteiger partial charge in [0.15, 0.2) is 12.5 Å². The first-order valence-corrected chi connectivity index (χ1v) is 21.1. The molecule has 1 aliphatic carbocycles. The molecule has 0 radical (unpaired) electrons. The molecule has 0 aromatic heterocycles. The van der Waals surface area contributed by atoms with Gasteiger partial charge in [-0.3, -0.25) is 9.93 Å². The molecule has 308 valence electrons. The van der Waals surface area contributed by atoms with Crippen molar-refractivity contribution in [2.45, 2.75) is 75.5 Å². The maximum absolute atomic E-state index is 15.2. The molecule has 1 spiro atoms. The molecule has 14 nitrogen and oxygen atoms in total. The van der Waals surface area contributed by atoms with E-state index in [9.17, 15) is 19.6 Å². The molecule has 3 unspecified atom stereocenters. The van der Waals surface area contributed by atoms with Crippen LogP contribution in [0.1, 0.15) is 54.9 Å². The van der Waals surface area contributed by atoms with Crippen LogP contribution in [-0.2, 0) is 36.3 Å². The Labute approximate surface area is 338 Å². The SMILES string of the molecule is CCOC(=O)[C@H](C)OP(=O)(COCCCN1C(=O)N(Cc2ccc(N)c(C(=N)N)c2)[C@H](Cc2ccccc2)[C@H](O)[C@@H](O)C12CC2c1ccccc1)Oc1ccccc1. The van der Waals surface area contributed by atoms with Crippen LogP contribution >= 0.6 is 7.60 Å². The van der Waals surface area contributed by atoms with E-state index in [0.29, 0.717) is 23.2 Å². The number of rotatable bonds is 18. The van der Waals surface area contributed by atoms with E-state index < -0.39 is 55.8 Å². The fraction of sp³-hybridized carbons (Fsp3) is 0.372. The Bertz CT molecular complexity index is 2080. The second-order valence-electron chi connectivity index (χ2n) is 14.7. The van der Waals surface area contributed by atoms with E-state index in [1.54, 1.807) is 65.3 Å². The first kappa shape index (κ1) is 42.4. The Kier molecular flexibility index (Phi) is 13.6. The number of ether oxygens (including phenoxy) is 2. The summed E-state index contributed by atoms with van der Waals surface area (Å²) in [5, 5.41) is 32.5. The maximum atomic E-state index is 15.2. The number of aliphatic hydroxyl groups is 2. The van der Waals surface area contributed by atoms with Gasteiger partial charge < -0.3 is 45.5 Å². The van der Waals surface area contributed by atoms with Crippen molar-refractivity contribution in [2.75, 3.05) is 31.8 Å². The van der Waals surface area contributed by atoms with Crippen LogP contribution in [0.15, 0.2) is 109 Å². The number of amides is 2. The lowest BCUT2D eigenvalue weighted by molar-refractivity contribution is -0.150. The Hall–Kier alpha value is -5.24. The number of nitrogen functional groups attached to an aromatic ring is 2. The molecule has 15 heteroatoms. The van der Waals surface area contributed by atoms with Crippen LogP contribution in [0.3, 0.4) is 0 Å². The Morgan fingerprint density at radius 3 is 2.29 bits per heavy atom. The third-order valence-corrected chi connectivity index (χ3v) is 12.3. The highest BCUT2D eigenvalue weighted by atomic mass is 31.2. The van der Waals surface area contributed by atoms with E-state index >= 15 is 4.79 Å². The average Bonchev–Trinajstić information content (AvgIpc) is 3.98. The lowest BCUT2D eigenvalue weighted by Crippen LogP contribution is -2.53. The number of aliphatic hydroxyl groups excluding tert-OH is 2. The van der Waals surface area contributed by atoms with Crippen molar-refractivity contribution in [3.63, 3.8) is 0 Å². The zero-order valence-corrected chi connectivity index (χ0v) is 33.6. The van der Waals surface area contributed by atoms with Crippen molar-refractivity contribution in [3.8, 4) is 5.75 Å². The molecule has 1 saturated heterocycles. The van der Waals surface area contributed by atoms with Crippen LogP contribution in [0.4, 0.5) is 10.5 Å². The number of benzene rings is 4. The van der Waals surface area contributed by atoms with E-state index in [1.165, 1.54) is 6.92 Å². The summed E-state index contributed by atoms with van der Waals surface area (Å²) in [6.07, 6.45) is -3.48. The van der Waals surface area contributed by atoms with Crippen LogP contribution in [0, 0.1) is 5.41 Å². The molecule has 1 saturated carbocycles. The van der Waals surface area contributed by atoms with E-state index in [0.717, 1.165) is 11.1 Å². The fourth-order valence-electron chi connectivity index (χ4n) is 7.78. The van der Waals surface area contributed by atoms with Gasteiger partial charge in [-0.05, 0) is 74.1 Å². The Morgan fingerprint density at radius 1 is 0.983 bits per heavy atom. The van der Waals surface area contributed by atoms with Crippen LogP contribution in [0.2, 0.25) is 0 Å². The van der Waals surface area contributed by atoms with E-state index in [2.05, 4.69) is 0 Å². The van der Waals surface area contributed by atoms with Crippen molar-refractivity contribution in [2.24, 2.45) is 5.73 Å². The molecule has 2 fully saturated rings. The molecule has 6 rings (SSSR count). The topological polar surface area (TPSA) is 211 Å². The van der Waals surface area contributed by atoms with Gasteiger partial charge in [0.25, 0.3) is 0 Å². The predicted molar refractivity (Wildman–Crippen MR) is 219 cm³/mol. The number of hydrogen-bond acceptors (Lipinski definition) is 11. The highest BCUT2D eigenvalue weighted by molar-refractivity contribution is 7.54. The van der Waals surface area contributed by atoms with Crippen molar-refractivity contribution < 1.29 is 42.9 Å². The number of esters is 1. The van der Waals surface area contributed by atoms with Gasteiger partial charge in [0, 0.05) is 36.9 Å². The third-order valence-electron chi connectivity index (χ3n) is 10.7. The number of amidine groups is 1. The van der Waals surface area contributed by atoms with Gasteiger partial charge in [0.05, 0.1) is 18.2 Å². The van der Waals surface area contributed by atoms with Gasteiger partial charge in [0.2, 0.25) is 0 Å². The molecule has 2 aliphatic rings. The van der Waals surface area contributed by atoms with Crippen molar-refractivity contribution in [1.82, 2.24) is 9.80 Å². The summed E-state index contributed by atoms with van der Waals surface area (Å²) in [4.78, 5) is 30.8. The van der Waals surface area contributed by atoms with Gasteiger partial charge in [-0.2, -0.15) is 0 Å². The largest absolute Gasteiger partial charge is 0.464 e. The summed E-state index contributed by atoms with van der Waals surface area (Å²) in [5.74, 6) is -0.938. The third kappa shape index (κ3) is 9.54. The van der Waals surface area contributed by atoms with Crippen molar-refractivity contribution in [1.29, 1.82) is 5.41 Å². The summed E-state index contributed by atoms with van der Waals surface area (Å²) >= 11 is 0. The Morgan fingerprint density at radius 2 is 1.64 bits per heavy atom. The molecule has 7 N–H and O–H groups in total. The number of urea groups is 1. The minimum Gasteiger partial charge on any atom is -0.464 e. The van der Waals surface area contributed by atoms with Crippen LogP contribution in [0.25, 0.3) is 0 Å². The predicted octanol–water partition coefficient (Wildman–Crippen LogP) is 5.65. The summed E-state index contributed by atoms with van der Waals surface area (Å²) in [7, 11) is -4.07. The smallest absolute Gasteiger partial charge is 0.405 e. The maximum Gasteiger partial charge on any atom is 0.405 e. The molecule has 58 heavy (non-hydrogen) atoms. The Balaban J connectivity index is 1.29. The van der Waals surface area contributed by atoms with Crippen molar-refractivity contribution in [3.05, 3.63) is 131 Å². The number of hydrogen-bond donors (Lipinski definition) is 5. The lowest BCUT2D eigenvalue weighted by Gasteiger charge is -2.36. The zero-order valence-electron chi connectivity index (χ0n) is 32.7. The first-order valence-electron chi connectivity index (χ1n) is 19.4. The molecule has 4 aromatic carbocycles. The number of para-hydroxylation sites is 1. The normalized spacial score (nSPS) is 23.1. The number of anilines is 1. The van der Waals surface area contributed by atoms with Gasteiger partial charge >= 0.3 is 19.6 Å². The average molecular weight is 814 g/mol.